The second-order valence-electron chi connectivity index (χ2n) is 6.54. The van der Waals surface area contributed by atoms with Crippen molar-refractivity contribution in [2.24, 2.45) is 0 Å². The molecule has 2 aromatic carbocycles. The zero-order valence-corrected chi connectivity index (χ0v) is 15.6. The van der Waals surface area contributed by atoms with Gasteiger partial charge in [-0.25, -0.2) is 4.79 Å². The first-order valence-corrected chi connectivity index (χ1v) is 9.07. The Bertz CT molecular complexity index is 877. The van der Waals surface area contributed by atoms with E-state index in [1.165, 1.54) is 18.1 Å². The van der Waals surface area contributed by atoms with Crippen LogP contribution >= 0.6 is 0 Å². The van der Waals surface area contributed by atoms with E-state index >= 15 is 0 Å². The lowest BCUT2D eigenvalue weighted by Crippen LogP contribution is -2.23. The molecule has 0 aliphatic heterocycles. The van der Waals surface area contributed by atoms with Crippen molar-refractivity contribution in [1.82, 2.24) is 0 Å². The van der Waals surface area contributed by atoms with Gasteiger partial charge >= 0.3 is 5.97 Å². The molecule has 7 nitrogen and oxygen atoms in total. The summed E-state index contributed by atoms with van der Waals surface area (Å²) in [4.78, 5) is 34.6. The van der Waals surface area contributed by atoms with Gasteiger partial charge in [0, 0.05) is 18.3 Å². The minimum atomic E-state index is -0.614. The monoisotopic (exact) mass is 382 g/mol. The molecule has 0 unspecified atom stereocenters. The van der Waals surface area contributed by atoms with Gasteiger partial charge in [0.25, 0.3) is 5.91 Å². The van der Waals surface area contributed by atoms with E-state index in [0.29, 0.717) is 17.1 Å². The van der Waals surface area contributed by atoms with Crippen LogP contribution < -0.4 is 15.4 Å². The predicted octanol–water partition coefficient (Wildman–Crippen LogP) is 2.69. The molecule has 3 rings (SSSR count). The molecule has 0 atom stereocenters. The first-order chi connectivity index (χ1) is 13.5. The van der Waals surface area contributed by atoms with Gasteiger partial charge in [0.2, 0.25) is 5.91 Å². The number of carbonyl (C=O) groups excluding carboxylic acids is 3. The first kappa shape index (κ1) is 19.4. The summed E-state index contributed by atoms with van der Waals surface area (Å²) in [6.07, 6.45) is 3.26. The van der Waals surface area contributed by atoms with Crippen LogP contribution in [0.3, 0.4) is 0 Å². The van der Waals surface area contributed by atoms with Gasteiger partial charge in [-0.05, 0) is 66.8 Å². The summed E-state index contributed by atoms with van der Waals surface area (Å²) < 4.78 is 10.4. The van der Waals surface area contributed by atoms with E-state index in [-0.39, 0.29) is 12.5 Å². The summed E-state index contributed by atoms with van der Waals surface area (Å²) in [5.74, 6) is -0.623. The van der Waals surface area contributed by atoms with Crippen LogP contribution in [0, 0.1) is 0 Å². The molecule has 2 amide bonds. The number of benzene rings is 2. The van der Waals surface area contributed by atoms with Gasteiger partial charge in [0.05, 0.1) is 0 Å². The maximum absolute atomic E-state index is 11.9. The molecule has 0 saturated carbocycles. The maximum atomic E-state index is 11.9. The van der Waals surface area contributed by atoms with Gasteiger partial charge in [0.1, 0.15) is 5.75 Å². The number of ether oxygens (including phenoxy) is 2. The van der Waals surface area contributed by atoms with Crippen LogP contribution in [0.4, 0.5) is 11.4 Å². The fourth-order valence-corrected chi connectivity index (χ4v) is 3.01. The average Bonchev–Trinajstić information content (AvgIpc) is 3.13. The summed E-state index contributed by atoms with van der Waals surface area (Å²) in [6, 6.07) is 12.4. The Morgan fingerprint density at radius 3 is 2.29 bits per heavy atom. The molecule has 0 bridgehead atoms. The van der Waals surface area contributed by atoms with Crippen molar-refractivity contribution in [2.45, 2.75) is 26.2 Å². The first-order valence-electron chi connectivity index (χ1n) is 9.07. The number of hydrogen-bond donors (Lipinski definition) is 2. The number of esters is 1. The van der Waals surface area contributed by atoms with E-state index in [0.717, 1.165) is 19.3 Å². The van der Waals surface area contributed by atoms with Crippen LogP contribution in [-0.4, -0.2) is 31.0 Å². The minimum absolute atomic E-state index is 0.175. The third-order valence-electron chi connectivity index (χ3n) is 4.28. The van der Waals surface area contributed by atoms with Gasteiger partial charge in [-0.15, -0.1) is 0 Å². The fourth-order valence-electron chi connectivity index (χ4n) is 3.01. The highest BCUT2D eigenvalue weighted by molar-refractivity contribution is 5.93. The third kappa shape index (κ3) is 5.57. The number of nitrogens with one attached hydrogen (secondary N) is 2. The second kappa shape index (κ2) is 9.03. The number of carbonyl (C=O) groups is 3. The van der Waals surface area contributed by atoms with Gasteiger partial charge in [-0.1, -0.05) is 6.07 Å². The highest BCUT2D eigenvalue weighted by Crippen LogP contribution is 2.25. The highest BCUT2D eigenvalue weighted by Gasteiger charge is 2.13. The average molecular weight is 382 g/mol. The molecule has 2 N–H and O–H groups in total. The van der Waals surface area contributed by atoms with Crippen molar-refractivity contribution >= 4 is 29.2 Å². The summed E-state index contributed by atoms with van der Waals surface area (Å²) >= 11 is 0. The molecule has 2 aromatic rings. The summed E-state index contributed by atoms with van der Waals surface area (Å²) in [6.45, 7) is 0.759. The molecule has 0 heterocycles. The molecule has 1 aliphatic rings. The van der Waals surface area contributed by atoms with Crippen LogP contribution in [0.2, 0.25) is 0 Å². The zero-order valence-electron chi connectivity index (χ0n) is 15.6. The fraction of sp³-hybridized carbons (Fsp3) is 0.286. The second-order valence-corrected chi connectivity index (χ2v) is 6.54. The third-order valence-corrected chi connectivity index (χ3v) is 4.28. The molecule has 0 radical (unpaired) electrons. The van der Waals surface area contributed by atoms with Crippen LogP contribution in [-0.2, 0) is 32.0 Å². The Kier molecular flexibility index (Phi) is 6.26. The number of anilines is 2. The number of rotatable bonds is 7. The molecule has 0 spiro atoms. The molecule has 0 aromatic heterocycles. The highest BCUT2D eigenvalue weighted by atomic mass is 16.6. The molecule has 1 aliphatic carbocycles. The maximum Gasteiger partial charge on any atom is 0.344 e. The Labute approximate surface area is 163 Å². The Hall–Kier alpha value is -3.35. The molecule has 7 heteroatoms. The molecule has 146 valence electrons. The number of fused-ring (bicyclic) bond motifs is 1. The Morgan fingerprint density at radius 2 is 1.57 bits per heavy atom. The van der Waals surface area contributed by atoms with Crippen molar-refractivity contribution in [3.63, 3.8) is 0 Å². The number of aryl methyl sites for hydroxylation is 2. The summed E-state index contributed by atoms with van der Waals surface area (Å²) in [5.41, 5.74) is 3.75. The predicted molar refractivity (Wildman–Crippen MR) is 104 cm³/mol. The minimum Gasteiger partial charge on any atom is -0.482 e. The van der Waals surface area contributed by atoms with Crippen molar-refractivity contribution in [1.29, 1.82) is 0 Å². The van der Waals surface area contributed by atoms with E-state index < -0.39 is 18.5 Å². The van der Waals surface area contributed by atoms with Gasteiger partial charge in [0.15, 0.2) is 13.2 Å². The van der Waals surface area contributed by atoms with Gasteiger partial charge < -0.3 is 20.1 Å². The Morgan fingerprint density at radius 1 is 0.893 bits per heavy atom. The van der Waals surface area contributed by atoms with Crippen LogP contribution in [0.1, 0.15) is 24.5 Å². The molecule has 28 heavy (non-hydrogen) atoms. The SMILES string of the molecule is CC(=O)Nc1ccc(NC(=O)COC(=O)COc2ccc3c(c2)CCC3)cc1. The van der Waals surface area contributed by atoms with Crippen molar-refractivity contribution in [2.75, 3.05) is 23.8 Å². The summed E-state index contributed by atoms with van der Waals surface area (Å²) in [7, 11) is 0. The number of hydrogen-bond acceptors (Lipinski definition) is 5. The van der Waals surface area contributed by atoms with Gasteiger partial charge in [-0.3, -0.25) is 9.59 Å². The van der Waals surface area contributed by atoms with Crippen molar-refractivity contribution in [3.8, 4) is 5.75 Å². The lowest BCUT2D eigenvalue weighted by atomic mass is 10.1. The van der Waals surface area contributed by atoms with E-state index in [1.807, 2.05) is 18.2 Å². The normalized spacial score (nSPS) is 12.0. The number of amides is 2. The van der Waals surface area contributed by atoms with E-state index in [2.05, 4.69) is 10.6 Å². The van der Waals surface area contributed by atoms with E-state index in [4.69, 9.17) is 9.47 Å². The Balaban J connectivity index is 1.39. The molecule has 0 fully saturated rings. The quantitative estimate of drug-likeness (QED) is 0.718. The van der Waals surface area contributed by atoms with Crippen molar-refractivity contribution < 1.29 is 23.9 Å². The molecule has 0 saturated heterocycles. The molecular formula is C21H22N2O5. The summed E-state index contributed by atoms with van der Waals surface area (Å²) in [5, 5.41) is 5.24. The van der Waals surface area contributed by atoms with E-state index in [9.17, 15) is 14.4 Å². The topological polar surface area (TPSA) is 93.7 Å². The van der Waals surface area contributed by atoms with Crippen molar-refractivity contribution in [3.05, 3.63) is 53.6 Å². The van der Waals surface area contributed by atoms with Crippen LogP contribution in [0.5, 0.6) is 5.75 Å². The van der Waals surface area contributed by atoms with Gasteiger partial charge in [-0.2, -0.15) is 0 Å². The van der Waals surface area contributed by atoms with E-state index in [1.54, 1.807) is 24.3 Å². The van der Waals surface area contributed by atoms with Crippen LogP contribution in [0.15, 0.2) is 42.5 Å². The molecular weight excluding hydrogens is 360 g/mol. The lowest BCUT2D eigenvalue weighted by Gasteiger charge is -2.09. The smallest absolute Gasteiger partial charge is 0.344 e. The standard InChI is InChI=1S/C21H22N2O5/c1-14(24)22-17-6-8-18(9-7-17)23-20(25)12-28-21(26)13-27-19-10-5-15-3-2-4-16(15)11-19/h5-11H,2-4,12-13H2,1H3,(H,22,24)(H,23,25). The largest absolute Gasteiger partial charge is 0.482 e. The van der Waals surface area contributed by atoms with Crippen LogP contribution in [0.25, 0.3) is 0 Å². The lowest BCUT2D eigenvalue weighted by molar-refractivity contribution is -0.149. The zero-order chi connectivity index (χ0) is 19.9.